The second-order valence-electron chi connectivity index (χ2n) is 6.68. The first-order valence-electron chi connectivity index (χ1n) is 8.89. The summed E-state index contributed by atoms with van der Waals surface area (Å²) in [6, 6.07) is 17.7. The molecule has 0 amide bonds. The van der Waals surface area contributed by atoms with Crippen LogP contribution in [0.1, 0.15) is 29.9 Å². The largest absolute Gasteiger partial charge is 0.489 e. The molecular weight excluding hydrogens is 340 g/mol. The van der Waals surface area contributed by atoms with Gasteiger partial charge in [-0.15, -0.1) is 0 Å². The van der Waals surface area contributed by atoms with Crippen LogP contribution in [-0.4, -0.2) is 22.0 Å². The maximum Gasteiger partial charge on any atom is 0.357 e. The Labute approximate surface area is 156 Å². The smallest absolute Gasteiger partial charge is 0.357 e. The minimum Gasteiger partial charge on any atom is -0.489 e. The number of esters is 1. The monoisotopic (exact) mass is 360 g/mol. The quantitative estimate of drug-likeness (QED) is 0.516. The molecule has 2 aromatic carbocycles. The first kappa shape index (κ1) is 17.1. The predicted octanol–water partition coefficient (Wildman–Crippen LogP) is 4.86. The van der Waals surface area contributed by atoms with Crippen LogP contribution in [0.5, 0.6) is 5.75 Å². The van der Waals surface area contributed by atoms with Gasteiger partial charge >= 0.3 is 5.97 Å². The number of rotatable bonds is 5. The van der Waals surface area contributed by atoms with E-state index in [1.54, 1.807) is 12.3 Å². The number of nitrogens with zero attached hydrogens (tertiary/aromatic N) is 1. The number of H-pyrrole nitrogens is 1. The Kier molecular flexibility index (Phi) is 4.50. The third-order valence-electron chi connectivity index (χ3n) is 4.25. The van der Waals surface area contributed by atoms with Crippen molar-refractivity contribution in [1.82, 2.24) is 9.97 Å². The average Bonchev–Trinajstić information content (AvgIpc) is 3.04. The van der Waals surface area contributed by atoms with Gasteiger partial charge in [-0.1, -0.05) is 30.3 Å². The van der Waals surface area contributed by atoms with Crippen molar-refractivity contribution in [2.45, 2.75) is 26.6 Å². The molecule has 2 aromatic heterocycles. The second kappa shape index (κ2) is 7.11. The van der Waals surface area contributed by atoms with E-state index >= 15 is 0 Å². The highest BCUT2D eigenvalue weighted by molar-refractivity contribution is 6.09. The van der Waals surface area contributed by atoms with Gasteiger partial charge in [-0.05, 0) is 43.7 Å². The van der Waals surface area contributed by atoms with Crippen LogP contribution in [-0.2, 0) is 11.3 Å². The zero-order valence-corrected chi connectivity index (χ0v) is 15.2. The van der Waals surface area contributed by atoms with Gasteiger partial charge in [0.1, 0.15) is 18.1 Å². The molecule has 4 rings (SSSR count). The van der Waals surface area contributed by atoms with E-state index in [1.165, 1.54) is 0 Å². The van der Waals surface area contributed by atoms with Crippen molar-refractivity contribution >= 4 is 27.8 Å². The second-order valence-corrected chi connectivity index (χ2v) is 6.68. The van der Waals surface area contributed by atoms with Crippen molar-refractivity contribution in [3.63, 3.8) is 0 Å². The van der Waals surface area contributed by atoms with E-state index in [2.05, 4.69) is 9.97 Å². The molecule has 4 aromatic rings. The van der Waals surface area contributed by atoms with Gasteiger partial charge in [0, 0.05) is 16.3 Å². The van der Waals surface area contributed by atoms with E-state index in [9.17, 15) is 4.79 Å². The summed E-state index contributed by atoms with van der Waals surface area (Å²) in [4.78, 5) is 19.7. The lowest BCUT2D eigenvalue weighted by molar-refractivity contribution is 0.0371. The predicted molar refractivity (Wildman–Crippen MR) is 105 cm³/mol. The van der Waals surface area contributed by atoms with Gasteiger partial charge in [-0.3, -0.25) is 0 Å². The first-order valence-corrected chi connectivity index (χ1v) is 8.89. The fraction of sp³-hybridized carbons (Fsp3) is 0.182. The van der Waals surface area contributed by atoms with Crippen LogP contribution in [0.25, 0.3) is 21.8 Å². The van der Waals surface area contributed by atoms with E-state index < -0.39 is 5.97 Å². The molecule has 5 heteroatoms. The van der Waals surface area contributed by atoms with Crippen LogP contribution >= 0.6 is 0 Å². The molecule has 0 radical (unpaired) electrons. The van der Waals surface area contributed by atoms with Crippen LogP contribution < -0.4 is 4.74 Å². The highest BCUT2D eigenvalue weighted by atomic mass is 16.5. The number of hydrogen-bond acceptors (Lipinski definition) is 4. The van der Waals surface area contributed by atoms with Gasteiger partial charge in [0.2, 0.25) is 0 Å². The lowest BCUT2D eigenvalue weighted by atomic mass is 10.1. The van der Waals surface area contributed by atoms with Gasteiger partial charge in [-0.25, -0.2) is 9.78 Å². The Balaban J connectivity index is 1.66. The minimum absolute atomic E-state index is 0.184. The zero-order chi connectivity index (χ0) is 18.8. The molecule has 1 N–H and O–H groups in total. The summed E-state index contributed by atoms with van der Waals surface area (Å²) < 4.78 is 11.2. The van der Waals surface area contributed by atoms with E-state index in [4.69, 9.17) is 9.47 Å². The molecule has 0 saturated heterocycles. The summed E-state index contributed by atoms with van der Waals surface area (Å²) in [5.74, 6) is 0.355. The summed E-state index contributed by atoms with van der Waals surface area (Å²) in [6.07, 6.45) is 1.48. The molecule has 0 atom stereocenters. The number of aromatic nitrogens is 2. The molecule has 0 spiro atoms. The van der Waals surface area contributed by atoms with E-state index in [0.29, 0.717) is 12.3 Å². The van der Waals surface area contributed by atoms with Gasteiger partial charge in [0.05, 0.1) is 17.8 Å². The number of benzene rings is 2. The fourth-order valence-electron chi connectivity index (χ4n) is 2.99. The number of hydrogen-bond donors (Lipinski definition) is 1. The minimum atomic E-state index is -0.419. The topological polar surface area (TPSA) is 64.2 Å². The van der Waals surface area contributed by atoms with Crippen molar-refractivity contribution in [2.24, 2.45) is 0 Å². The first-order chi connectivity index (χ1) is 13.1. The number of pyridine rings is 1. The Hall–Kier alpha value is -3.34. The fourth-order valence-corrected chi connectivity index (χ4v) is 2.99. The third-order valence-corrected chi connectivity index (χ3v) is 4.25. The number of carbonyl (C=O) groups is 1. The zero-order valence-electron chi connectivity index (χ0n) is 15.2. The Morgan fingerprint density at radius 3 is 2.59 bits per heavy atom. The maximum atomic E-state index is 12.2. The van der Waals surface area contributed by atoms with Crippen molar-refractivity contribution in [2.75, 3.05) is 0 Å². The molecule has 0 aliphatic rings. The molecule has 5 nitrogen and oxygen atoms in total. The van der Waals surface area contributed by atoms with Crippen LogP contribution in [0.3, 0.4) is 0 Å². The molecule has 0 unspecified atom stereocenters. The van der Waals surface area contributed by atoms with Crippen LogP contribution in [0.15, 0.2) is 60.8 Å². The number of fused-ring (bicyclic) bond motifs is 3. The van der Waals surface area contributed by atoms with Crippen LogP contribution in [0.4, 0.5) is 0 Å². The molecule has 2 heterocycles. The van der Waals surface area contributed by atoms with Gasteiger partial charge in [0.25, 0.3) is 0 Å². The van der Waals surface area contributed by atoms with Gasteiger partial charge in [0.15, 0.2) is 0 Å². The lowest BCUT2D eigenvalue weighted by Crippen LogP contribution is -2.12. The number of ether oxygens (including phenoxy) is 2. The molecule has 0 fully saturated rings. The standard InChI is InChI=1S/C22H20N2O3/c1-14(2)27-22(25)20-11-18-17-10-16(26-13-15-6-4-3-5-7-15)8-9-19(17)24-21(18)12-23-20/h3-12,14,24H,13H2,1-2H3. The van der Waals surface area contributed by atoms with Crippen LogP contribution in [0, 0.1) is 0 Å². The lowest BCUT2D eigenvalue weighted by Gasteiger charge is -2.07. The Morgan fingerprint density at radius 2 is 1.81 bits per heavy atom. The third kappa shape index (κ3) is 3.62. The Bertz CT molecular complexity index is 1100. The summed E-state index contributed by atoms with van der Waals surface area (Å²) >= 11 is 0. The molecule has 0 saturated carbocycles. The summed E-state index contributed by atoms with van der Waals surface area (Å²) in [7, 11) is 0. The molecular formula is C22H20N2O3. The Morgan fingerprint density at radius 1 is 1.04 bits per heavy atom. The SMILES string of the molecule is CC(C)OC(=O)c1cc2c(cn1)[nH]c1ccc(OCc3ccccc3)cc12. The average molecular weight is 360 g/mol. The van der Waals surface area contributed by atoms with Crippen molar-refractivity contribution in [3.8, 4) is 5.75 Å². The van der Waals surface area contributed by atoms with E-state index in [-0.39, 0.29) is 6.10 Å². The van der Waals surface area contributed by atoms with E-state index in [0.717, 1.165) is 33.1 Å². The van der Waals surface area contributed by atoms with Gasteiger partial charge < -0.3 is 14.5 Å². The van der Waals surface area contributed by atoms with Crippen molar-refractivity contribution < 1.29 is 14.3 Å². The number of nitrogens with one attached hydrogen (secondary N) is 1. The summed E-state index contributed by atoms with van der Waals surface area (Å²) in [6.45, 7) is 4.14. The number of carbonyl (C=O) groups excluding carboxylic acids is 1. The summed E-state index contributed by atoms with van der Waals surface area (Å²) in [5.41, 5.74) is 3.24. The molecule has 0 aliphatic carbocycles. The normalized spacial score (nSPS) is 11.2. The molecule has 136 valence electrons. The highest BCUT2D eigenvalue weighted by Gasteiger charge is 2.14. The van der Waals surface area contributed by atoms with Crippen molar-refractivity contribution in [1.29, 1.82) is 0 Å². The number of aromatic amines is 1. The van der Waals surface area contributed by atoms with Crippen LogP contribution in [0.2, 0.25) is 0 Å². The van der Waals surface area contributed by atoms with E-state index in [1.807, 2.05) is 62.4 Å². The van der Waals surface area contributed by atoms with Crippen molar-refractivity contribution in [3.05, 3.63) is 72.1 Å². The molecule has 27 heavy (non-hydrogen) atoms. The maximum absolute atomic E-state index is 12.2. The molecule has 0 bridgehead atoms. The molecule has 0 aliphatic heterocycles. The van der Waals surface area contributed by atoms with Gasteiger partial charge in [-0.2, -0.15) is 0 Å². The summed E-state index contributed by atoms with van der Waals surface area (Å²) in [5, 5.41) is 1.90. The highest BCUT2D eigenvalue weighted by Crippen LogP contribution is 2.29.